The highest BCUT2D eigenvalue weighted by Gasteiger charge is 2.28. The summed E-state index contributed by atoms with van der Waals surface area (Å²) in [6.45, 7) is 0. The summed E-state index contributed by atoms with van der Waals surface area (Å²) in [6, 6.07) is 9.97. The Hall–Kier alpha value is -1.34. The zero-order chi connectivity index (χ0) is 14.7. The highest BCUT2D eigenvalue weighted by molar-refractivity contribution is 8.01. The molecule has 1 fully saturated rings. The molecule has 0 amide bonds. The van der Waals surface area contributed by atoms with Crippen LogP contribution in [-0.2, 0) is 22.0 Å². The van der Waals surface area contributed by atoms with Crippen LogP contribution in [0.5, 0.6) is 0 Å². The number of sulfone groups is 1. The number of thioether (sulfide) groups is 1. The van der Waals surface area contributed by atoms with Crippen molar-refractivity contribution in [3.05, 3.63) is 47.6 Å². The summed E-state index contributed by atoms with van der Waals surface area (Å²) >= 11 is 1.58. The van der Waals surface area contributed by atoms with E-state index in [9.17, 15) is 8.42 Å². The monoisotopic (exact) mass is 324 g/mol. The molecule has 1 aromatic carbocycles. The maximum absolute atomic E-state index is 11.4. The molecular weight excluding hydrogens is 308 g/mol. The fraction of sp³-hybridized carbons (Fsp3) is 0.429. The van der Waals surface area contributed by atoms with Gasteiger partial charge in [-0.1, -0.05) is 35.5 Å². The largest absolute Gasteiger partial charge is 0.338 e. The Morgan fingerprint density at radius 3 is 2.81 bits per heavy atom. The quantitative estimate of drug-likeness (QED) is 0.838. The van der Waals surface area contributed by atoms with Crippen molar-refractivity contribution in [1.82, 2.24) is 10.1 Å². The number of hydrogen-bond donors (Lipinski definition) is 0. The van der Waals surface area contributed by atoms with Crippen molar-refractivity contribution in [3.8, 4) is 0 Å². The van der Waals surface area contributed by atoms with Gasteiger partial charge in [-0.05, 0) is 12.0 Å². The van der Waals surface area contributed by atoms with E-state index in [1.165, 1.54) is 0 Å². The Balaban J connectivity index is 1.54. The first-order valence-electron chi connectivity index (χ1n) is 6.78. The van der Waals surface area contributed by atoms with Gasteiger partial charge in [-0.25, -0.2) is 8.42 Å². The van der Waals surface area contributed by atoms with Crippen molar-refractivity contribution in [2.75, 3.05) is 11.5 Å². The molecule has 0 unspecified atom stereocenters. The second-order valence-corrected chi connectivity index (χ2v) is 8.62. The molecule has 7 heteroatoms. The zero-order valence-corrected chi connectivity index (χ0v) is 13.1. The lowest BCUT2D eigenvalue weighted by atomic mass is 10.1. The average molecular weight is 324 g/mol. The van der Waals surface area contributed by atoms with E-state index in [4.69, 9.17) is 4.52 Å². The van der Waals surface area contributed by atoms with Gasteiger partial charge in [0, 0.05) is 11.7 Å². The lowest BCUT2D eigenvalue weighted by Crippen LogP contribution is -2.06. The van der Waals surface area contributed by atoms with Crippen LogP contribution in [0, 0.1) is 0 Å². The molecule has 1 saturated heterocycles. The Morgan fingerprint density at radius 1 is 1.29 bits per heavy atom. The lowest BCUT2D eigenvalue weighted by molar-refractivity contribution is 0.385. The molecule has 1 aromatic heterocycles. The van der Waals surface area contributed by atoms with Crippen LogP contribution in [0.2, 0.25) is 0 Å². The van der Waals surface area contributed by atoms with E-state index in [2.05, 4.69) is 10.1 Å². The molecule has 112 valence electrons. The molecule has 1 atom stereocenters. The molecule has 0 N–H and O–H groups in total. The van der Waals surface area contributed by atoms with Crippen molar-refractivity contribution in [1.29, 1.82) is 0 Å². The number of rotatable bonds is 5. The van der Waals surface area contributed by atoms with Crippen LogP contribution < -0.4 is 0 Å². The van der Waals surface area contributed by atoms with E-state index in [1.807, 2.05) is 30.3 Å². The van der Waals surface area contributed by atoms with E-state index in [1.54, 1.807) is 11.8 Å². The lowest BCUT2D eigenvalue weighted by Gasteiger charge is -2.03. The third-order valence-electron chi connectivity index (χ3n) is 3.35. The minimum Gasteiger partial charge on any atom is -0.338 e. The van der Waals surface area contributed by atoms with E-state index in [0.717, 1.165) is 12.0 Å². The summed E-state index contributed by atoms with van der Waals surface area (Å²) in [6.07, 6.45) is 1.37. The van der Waals surface area contributed by atoms with E-state index >= 15 is 0 Å². The van der Waals surface area contributed by atoms with Gasteiger partial charge in [0.1, 0.15) is 0 Å². The highest BCUT2D eigenvalue weighted by Crippen LogP contribution is 2.26. The summed E-state index contributed by atoms with van der Waals surface area (Å²) < 4.78 is 28.0. The molecule has 3 rings (SSSR count). The molecular formula is C14H16N2O3S2. The van der Waals surface area contributed by atoms with Crippen molar-refractivity contribution in [2.24, 2.45) is 0 Å². The van der Waals surface area contributed by atoms with Gasteiger partial charge in [-0.2, -0.15) is 4.98 Å². The van der Waals surface area contributed by atoms with E-state index < -0.39 is 9.84 Å². The van der Waals surface area contributed by atoms with Gasteiger partial charge in [0.25, 0.3) is 0 Å². The SMILES string of the molecule is O=S1(=O)CC[C@H](SCc2nc(Cc3ccccc3)no2)C1. The normalized spacial score (nSPS) is 20.7. The van der Waals surface area contributed by atoms with Crippen LogP contribution in [0.15, 0.2) is 34.9 Å². The van der Waals surface area contributed by atoms with Gasteiger partial charge >= 0.3 is 0 Å². The molecule has 0 bridgehead atoms. The van der Waals surface area contributed by atoms with Gasteiger partial charge in [-0.15, -0.1) is 11.8 Å². The van der Waals surface area contributed by atoms with Gasteiger partial charge < -0.3 is 4.52 Å². The van der Waals surface area contributed by atoms with Crippen LogP contribution in [0.4, 0.5) is 0 Å². The second-order valence-electron chi connectivity index (χ2n) is 5.10. The predicted molar refractivity (Wildman–Crippen MR) is 81.9 cm³/mol. The van der Waals surface area contributed by atoms with Crippen molar-refractivity contribution in [2.45, 2.75) is 23.8 Å². The van der Waals surface area contributed by atoms with Crippen LogP contribution >= 0.6 is 11.8 Å². The minimum atomic E-state index is -2.82. The minimum absolute atomic E-state index is 0.152. The molecule has 21 heavy (non-hydrogen) atoms. The van der Waals surface area contributed by atoms with Gasteiger partial charge in [0.2, 0.25) is 5.89 Å². The van der Waals surface area contributed by atoms with Crippen LogP contribution in [0.25, 0.3) is 0 Å². The molecule has 0 aliphatic carbocycles. The summed E-state index contributed by atoms with van der Waals surface area (Å²) in [7, 11) is -2.82. The van der Waals surface area contributed by atoms with Crippen LogP contribution in [-0.4, -0.2) is 35.3 Å². The topological polar surface area (TPSA) is 73.1 Å². The highest BCUT2D eigenvalue weighted by atomic mass is 32.2. The first kappa shape index (κ1) is 14.6. The Bertz CT molecular complexity index is 698. The number of hydrogen-bond acceptors (Lipinski definition) is 6. The fourth-order valence-corrected chi connectivity index (χ4v) is 5.76. The van der Waals surface area contributed by atoms with Crippen LogP contribution in [0.3, 0.4) is 0 Å². The van der Waals surface area contributed by atoms with E-state index in [0.29, 0.717) is 29.6 Å². The molecule has 1 aliphatic rings. The predicted octanol–water partition coefficient (Wildman–Crippen LogP) is 2.08. The summed E-state index contributed by atoms with van der Waals surface area (Å²) in [5.41, 5.74) is 1.14. The average Bonchev–Trinajstić information content (AvgIpc) is 3.04. The van der Waals surface area contributed by atoms with Crippen molar-refractivity contribution >= 4 is 21.6 Å². The third kappa shape index (κ3) is 4.07. The molecule has 2 aromatic rings. The standard InChI is InChI=1S/C14H16N2O3S2/c17-21(18)7-6-12(10-21)20-9-14-15-13(16-19-14)8-11-4-2-1-3-5-11/h1-5,12H,6-10H2/t12-/m0/s1. The van der Waals surface area contributed by atoms with Gasteiger partial charge in [0.05, 0.1) is 17.3 Å². The van der Waals surface area contributed by atoms with Gasteiger partial charge in [0.15, 0.2) is 15.7 Å². The molecule has 0 saturated carbocycles. The molecule has 2 heterocycles. The number of nitrogens with zero attached hydrogens (tertiary/aromatic N) is 2. The molecule has 5 nitrogen and oxygen atoms in total. The molecule has 0 spiro atoms. The maximum atomic E-state index is 11.4. The van der Waals surface area contributed by atoms with Crippen LogP contribution in [0.1, 0.15) is 23.7 Å². The van der Waals surface area contributed by atoms with Crippen molar-refractivity contribution in [3.63, 3.8) is 0 Å². The first-order valence-corrected chi connectivity index (χ1v) is 9.65. The Labute approximate surface area is 128 Å². The third-order valence-corrected chi connectivity index (χ3v) is 6.61. The second kappa shape index (κ2) is 6.19. The fourth-order valence-electron chi connectivity index (χ4n) is 2.28. The smallest absolute Gasteiger partial charge is 0.236 e. The Morgan fingerprint density at radius 2 is 2.10 bits per heavy atom. The van der Waals surface area contributed by atoms with E-state index in [-0.39, 0.29) is 11.0 Å². The molecule has 0 radical (unpaired) electrons. The summed E-state index contributed by atoms with van der Waals surface area (Å²) in [4.78, 5) is 4.35. The van der Waals surface area contributed by atoms with Crippen molar-refractivity contribution < 1.29 is 12.9 Å². The van der Waals surface area contributed by atoms with Gasteiger partial charge in [-0.3, -0.25) is 0 Å². The first-order chi connectivity index (χ1) is 10.1. The summed E-state index contributed by atoms with van der Waals surface area (Å²) in [5, 5.41) is 4.12. The summed E-state index contributed by atoms with van der Waals surface area (Å²) in [5.74, 6) is 2.37. The maximum Gasteiger partial charge on any atom is 0.236 e. The number of benzene rings is 1. The Kier molecular flexibility index (Phi) is 4.30. The number of aromatic nitrogens is 2. The zero-order valence-electron chi connectivity index (χ0n) is 11.4. The molecule has 1 aliphatic heterocycles.